The van der Waals surface area contributed by atoms with E-state index in [-0.39, 0.29) is 16.5 Å². The van der Waals surface area contributed by atoms with Gasteiger partial charge in [0.05, 0.1) is 13.0 Å². The smallest absolute Gasteiger partial charge is 0.271 e. The largest absolute Gasteiger partial charge is 0.492 e. The summed E-state index contributed by atoms with van der Waals surface area (Å²) < 4.78 is 32.9. The topological polar surface area (TPSA) is 84.5 Å². The lowest BCUT2D eigenvalue weighted by molar-refractivity contribution is -0.120. The van der Waals surface area contributed by atoms with E-state index in [1.165, 1.54) is 5.56 Å². The zero-order valence-corrected chi connectivity index (χ0v) is 19.1. The van der Waals surface area contributed by atoms with Crippen LogP contribution in [0.25, 0.3) is 0 Å². The molecule has 8 heteroatoms. The van der Waals surface area contributed by atoms with Crippen LogP contribution in [0.3, 0.4) is 0 Å². The van der Waals surface area contributed by atoms with E-state index in [0.29, 0.717) is 24.8 Å². The van der Waals surface area contributed by atoms with Gasteiger partial charge in [0, 0.05) is 5.69 Å². The summed E-state index contributed by atoms with van der Waals surface area (Å²) >= 11 is 1.16. The Morgan fingerprint density at radius 1 is 1.03 bits per heavy atom. The molecular weight excluding hydrogens is 432 g/mol. The second-order valence-electron chi connectivity index (χ2n) is 7.33. The van der Waals surface area contributed by atoms with Gasteiger partial charge < -0.3 is 10.1 Å². The summed E-state index contributed by atoms with van der Waals surface area (Å²) in [6.45, 7) is 5.07. The van der Waals surface area contributed by atoms with Crippen molar-refractivity contribution in [3.8, 4) is 5.75 Å². The number of hydrogen-bond acceptors (Lipinski definition) is 5. The van der Waals surface area contributed by atoms with Gasteiger partial charge in [-0.05, 0) is 52.8 Å². The van der Waals surface area contributed by atoms with Crippen molar-refractivity contribution in [1.82, 2.24) is 5.32 Å². The SMILES string of the molecule is CC(C)c1ccc(OCCNC(=O)Cc2ccc(NS(=O)(=O)c3cccs3)cc2)cc1. The first-order valence-electron chi connectivity index (χ1n) is 9.98. The van der Waals surface area contributed by atoms with Crippen LogP contribution < -0.4 is 14.8 Å². The van der Waals surface area contributed by atoms with Crippen LogP contribution in [-0.2, 0) is 21.2 Å². The highest BCUT2D eigenvalue weighted by Gasteiger charge is 2.15. The predicted octanol–water partition coefficient (Wildman–Crippen LogP) is 4.41. The summed E-state index contributed by atoms with van der Waals surface area (Å²) in [6.07, 6.45) is 0.209. The van der Waals surface area contributed by atoms with Gasteiger partial charge in [0.2, 0.25) is 5.91 Å². The maximum atomic E-state index is 12.2. The monoisotopic (exact) mass is 458 g/mol. The molecule has 3 rings (SSSR count). The van der Waals surface area contributed by atoms with Gasteiger partial charge in [-0.15, -0.1) is 11.3 Å². The molecule has 1 amide bonds. The highest BCUT2D eigenvalue weighted by molar-refractivity contribution is 7.94. The van der Waals surface area contributed by atoms with Crippen molar-refractivity contribution in [2.24, 2.45) is 0 Å². The van der Waals surface area contributed by atoms with Gasteiger partial charge in [-0.1, -0.05) is 44.2 Å². The molecule has 0 aliphatic rings. The Hall–Kier alpha value is -2.84. The van der Waals surface area contributed by atoms with Gasteiger partial charge >= 0.3 is 0 Å². The zero-order chi connectivity index (χ0) is 22.3. The number of carbonyl (C=O) groups excluding carboxylic acids is 1. The van der Waals surface area contributed by atoms with Crippen LogP contribution in [0.15, 0.2) is 70.3 Å². The number of amides is 1. The third kappa shape index (κ3) is 6.83. The lowest BCUT2D eigenvalue weighted by Crippen LogP contribution is -2.29. The standard InChI is InChI=1S/C23H26N2O4S2/c1-17(2)19-7-11-21(12-8-19)29-14-13-24-22(26)16-18-5-9-20(10-6-18)25-31(27,28)23-4-3-15-30-23/h3-12,15,17,25H,13-14,16H2,1-2H3,(H,24,26). The summed E-state index contributed by atoms with van der Waals surface area (Å²) in [7, 11) is -3.58. The van der Waals surface area contributed by atoms with Gasteiger partial charge in [-0.2, -0.15) is 0 Å². The zero-order valence-electron chi connectivity index (χ0n) is 17.5. The number of carbonyl (C=O) groups is 1. The molecule has 1 aromatic heterocycles. The first-order valence-corrected chi connectivity index (χ1v) is 12.3. The number of hydrogen-bond donors (Lipinski definition) is 2. The van der Waals surface area contributed by atoms with Gasteiger partial charge in [-0.3, -0.25) is 9.52 Å². The first kappa shape index (κ1) is 22.8. The average Bonchev–Trinajstić information content (AvgIpc) is 3.29. The normalized spacial score (nSPS) is 11.3. The number of anilines is 1. The summed E-state index contributed by atoms with van der Waals surface area (Å²) in [5, 5.41) is 4.54. The third-order valence-electron chi connectivity index (χ3n) is 4.57. The van der Waals surface area contributed by atoms with Crippen molar-refractivity contribution in [1.29, 1.82) is 0 Å². The molecular formula is C23H26N2O4S2. The summed E-state index contributed by atoms with van der Waals surface area (Å²) in [6, 6.07) is 18.0. The molecule has 0 saturated heterocycles. The Bertz CT molecular complexity index is 1080. The Morgan fingerprint density at radius 2 is 1.74 bits per heavy atom. The van der Waals surface area contributed by atoms with Crippen molar-refractivity contribution in [2.45, 2.75) is 30.4 Å². The predicted molar refractivity (Wildman–Crippen MR) is 124 cm³/mol. The molecule has 31 heavy (non-hydrogen) atoms. The molecule has 2 aromatic carbocycles. The van der Waals surface area contributed by atoms with E-state index < -0.39 is 10.0 Å². The molecule has 0 unspecified atom stereocenters. The molecule has 0 fully saturated rings. The maximum absolute atomic E-state index is 12.2. The van der Waals surface area contributed by atoms with Gasteiger partial charge in [0.1, 0.15) is 16.6 Å². The third-order valence-corrected chi connectivity index (χ3v) is 7.35. The Kier molecular flexibility index (Phi) is 7.70. The second-order valence-corrected chi connectivity index (χ2v) is 10.2. The number of ether oxygens (including phenoxy) is 1. The molecule has 3 aromatic rings. The van der Waals surface area contributed by atoms with Crippen LogP contribution in [0.4, 0.5) is 5.69 Å². The lowest BCUT2D eigenvalue weighted by Gasteiger charge is -2.10. The fraction of sp³-hybridized carbons (Fsp3) is 0.261. The maximum Gasteiger partial charge on any atom is 0.271 e. The Labute approximate surface area is 187 Å². The summed E-state index contributed by atoms with van der Waals surface area (Å²) in [4.78, 5) is 12.1. The average molecular weight is 459 g/mol. The Balaban J connectivity index is 1.41. The number of sulfonamides is 1. The quantitative estimate of drug-likeness (QED) is 0.441. The molecule has 164 valence electrons. The minimum Gasteiger partial charge on any atom is -0.492 e. The second kappa shape index (κ2) is 10.5. The van der Waals surface area contributed by atoms with Crippen LogP contribution in [-0.4, -0.2) is 27.5 Å². The minimum absolute atomic E-state index is 0.120. The highest BCUT2D eigenvalue weighted by Crippen LogP contribution is 2.21. The molecule has 0 radical (unpaired) electrons. The minimum atomic E-state index is -3.58. The molecule has 6 nitrogen and oxygen atoms in total. The van der Waals surface area contributed by atoms with E-state index in [0.717, 1.165) is 22.6 Å². The molecule has 0 saturated carbocycles. The first-order chi connectivity index (χ1) is 14.8. The van der Waals surface area contributed by atoms with Crippen molar-refractivity contribution >= 4 is 33.0 Å². The molecule has 0 aliphatic heterocycles. The summed E-state index contributed by atoms with van der Waals surface area (Å²) in [5.41, 5.74) is 2.50. The number of rotatable bonds is 10. The molecule has 0 bridgehead atoms. The van der Waals surface area contributed by atoms with Crippen LogP contribution in [0.2, 0.25) is 0 Å². The Morgan fingerprint density at radius 3 is 2.35 bits per heavy atom. The number of thiophene rings is 1. The molecule has 2 N–H and O–H groups in total. The highest BCUT2D eigenvalue weighted by atomic mass is 32.2. The van der Waals surface area contributed by atoms with Crippen molar-refractivity contribution in [2.75, 3.05) is 17.9 Å². The fourth-order valence-electron chi connectivity index (χ4n) is 2.87. The van der Waals surface area contributed by atoms with Crippen LogP contribution >= 0.6 is 11.3 Å². The number of benzene rings is 2. The van der Waals surface area contributed by atoms with E-state index in [4.69, 9.17) is 4.74 Å². The van der Waals surface area contributed by atoms with E-state index in [9.17, 15) is 13.2 Å². The molecule has 1 heterocycles. The van der Waals surface area contributed by atoms with Crippen molar-refractivity contribution in [3.63, 3.8) is 0 Å². The number of nitrogens with one attached hydrogen (secondary N) is 2. The van der Waals surface area contributed by atoms with E-state index in [1.807, 2.05) is 24.3 Å². The van der Waals surface area contributed by atoms with E-state index in [1.54, 1.807) is 41.8 Å². The van der Waals surface area contributed by atoms with Gasteiger partial charge in [0.15, 0.2) is 0 Å². The fourth-order valence-corrected chi connectivity index (χ4v) is 4.92. The van der Waals surface area contributed by atoms with E-state index in [2.05, 4.69) is 23.9 Å². The van der Waals surface area contributed by atoms with Crippen molar-refractivity contribution < 1.29 is 17.9 Å². The van der Waals surface area contributed by atoms with Crippen LogP contribution in [0.5, 0.6) is 5.75 Å². The van der Waals surface area contributed by atoms with E-state index >= 15 is 0 Å². The van der Waals surface area contributed by atoms with Crippen molar-refractivity contribution in [3.05, 3.63) is 77.2 Å². The lowest BCUT2D eigenvalue weighted by atomic mass is 10.0. The summed E-state index contributed by atoms with van der Waals surface area (Å²) in [5.74, 6) is 1.13. The van der Waals surface area contributed by atoms with Crippen LogP contribution in [0, 0.1) is 0 Å². The molecule has 0 atom stereocenters. The van der Waals surface area contributed by atoms with Gasteiger partial charge in [0.25, 0.3) is 10.0 Å². The van der Waals surface area contributed by atoms with Gasteiger partial charge in [-0.25, -0.2) is 8.42 Å². The molecule has 0 aliphatic carbocycles. The van der Waals surface area contributed by atoms with Crippen LogP contribution in [0.1, 0.15) is 30.9 Å². The molecule has 0 spiro atoms.